The molecule has 76 heavy (non-hydrogen) atoms. The zero-order chi connectivity index (χ0) is 54.5. The molecule has 3 atom stereocenters. The third-order valence-electron chi connectivity index (χ3n) is 14.7. The standard InChI is InChI=1S/C63H82N2O11/c1-8-9-10-11-12-13-14-15-16-17-18-19-20-21-22-26-39-73-55-41-49(40-45(2)48(55)5)61(69)65-60(68)46(3)43-64(62(65)70)58-42-56(76-59(67)38-29-47(4)66)57(75-58)44-74-63(50-27-24-23-25-28-50,51-30-34-53(71-6)35-31-51)52-32-36-54(72-7)37-33-52/h23-25,27-28,30-37,40-41,43,56-58H,8-22,26,29,38-39,42,44H2,1-7H3/t56-,57-,58-/m1/s1. The lowest BCUT2D eigenvalue weighted by atomic mass is 9.80. The van der Waals surface area contributed by atoms with Crippen molar-refractivity contribution in [2.24, 2.45) is 0 Å². The van der Waals surface area contributed by atoms with Crippen molar-refractivity contribution in [1.82, 2.24) is 9.13 Å². The second-order valence-electron chi connectivity index (χ2n) is 20.4. The van der Waals surface area contributed by atoms with Gasteiger partial charge in [-0.1, -0.05) is 158 Å². The summed E-state index contributed by atoms with van der Waals surface area (Å²) in [6, 6.07) is 28.0. The van der Waals surface area contributed by atoms with Crippen molar-refractivity contribution in [3.05, 3.63) is 157 Å². The summed E-state index contributed by atoms with van der Waals surface area (Å²) in [5.74, 6) is 0.216. The van der Waals surface area contributed by atoms with Gasteiger partial charge < -0.3 is 33.2 Å². The number of aromatic nitrogens is 2. The maximum absolute atomic E-state index is 14.6. The number of aryl methyl sites for hydroxylation is 2. The number of ether oxygens (including phenoxy) is 6. The SMILES string of the molecule is CCCCCCCCCCCCCCCCCCOc1cc(C(=O)n2c(=O)c(C)cn([C@H]3C[C@@H](OC(=O)CCC(C)=O)[C@@H](COC(c4ccccc4)(c4ccc(OC)cc4)c4ccc(OC)cc4)O3)c2=O)cc(C)c1C. The van der Waals surface area contributed by atoms with Gasteiger partial charge in [0.05, 0.1) is 33.9 Å². The molecule has 4 aromatic carbocycles. The van der Waals surface area contributed by atoms with Gasteiger partial charge in [-0.05, 0) is 98.3 Å². The number of benzene rings is 4. The van der Waals surface area contributed by atoms with E-state index in [1.165, 1.54) is 108 Å². The van der Waals surface area contributed by atoms with E-state index in [0.717, 1.165) is 47.1 Å². The molecule has 13 nitrogen and oxygen atoms in total. The molecule has 2 heterocycles. The van der Waals surface area contributed by atoms with Crippen LogP contribution >= 0.6 is 0 Å². The smallest absolute Gasteiger partial charge is 0.340 e. The highest BCUT2D eigenvalue weighted by molar-refractivity contribution is 5.96. The molecule has 0 spiro atoms. The van der Waals surface area contributed by atoms with Crippen LogP contribution in [0, 0.1) is 20.8 Å². The first kappa shape index (κ1) is 58.9. The Bertz CT molecular complexity index is 2700. The van der Waals surface area contributed by atoms with Gasteiger partial charge in [-0.25, -0.2) is 4.79 Å². The lowest BCUT2D eigenvalue weighted by Crippen LogP contribution is -2.45. The molecular weight excluding hydrogens is 961 g/mol. The highest BCUT2D eigenvalue weighted by Gasteiger charge is 2.44. The predicted octanol–water partition coefficient (Wildman–Crippen LogP) is 12.9. The minimum Gasteiger partial charge on any atom is -0.497 e. The highest BCUT2D eigenvalue weighted by atomic mass is 16.6. The molecule has 0 saturated carbocycles. The molecule has 1 aliphatic rings. The van der Waals surface area contributed by atoms with E-state index >= 15 is 0 Å². The van der Waals surface area contributed by atoms with Crippen molar-refractivity contribution in [3.63, 3.8) is 0 Å². The zero-order valence-electron chi connectivity index (χ0n) is 46.2. The summed E-state index contributed by atoms with van der Waals surface area (Å²) in [6.45, 7) is 9.31. The summed E-state index contributed by atoms with van der Waals surface area (Å²) in [6.07, 6.45) is 18.5. The number of carbonyl (C=O) groups excluding carboxylic acids is 3. The molecule has 0 amide bonds. The van der Waals surface area contributed by atoms with Gasteiger partial charge in [0.15, 0.2) is 0 Å². The summed E-state index contributed by atoms with van der Waals surface area (Å²) < 4.78 is 39.0. The van der Waals surface area contributed by atoms with Crippen LogP contribution in [0.15, 0.2) is 107 Å². The first-order valence-corrected chi connectivity index (χ1v) is 27.8. The van der Waals surface area contributed by atoms with Gasteiger partial charge >= 0.3 is 11.7 Å². The minimum absolute atomic E-state index is 0.0143. The summed E-state index contributed by atoms with van der Waals surface area (Å²) in [4.78, 5) is 68.3. The van der Waals surface area contributed by atoms with Gasteiger partial charge in [0.1, 0.15) is 47.1 Å². The van der Waals surface area contributed by atoms with E-state index in [2.05, 4.69) is 6.92 Å². The zero-order valence-corrected chi connectivity index (χ0v) is 46.2. The Hall–Kier alpha value is -6.31. The Labute approximate surface area is 450 Å². The van der Waals surface area contributed by atoms with Crippen molar-refractivity contribution in [2.75, 3.05) is 27.4 Å². The Balaban J connectivity index is 1.18. The van der Waals surface area contributed by atoms with E-state index < -0.39 is 47.2 Å². The van der Waals surface area contributed by atoms with E-state index in [0.29, 0.717) is 28.4 Å². The maximum atomic E-state index is 14.6. The largest absolute Gasteiger partial charge is 0.497 e. The first-order chi connectivity index (χ1) is 36.8. The van der Waals surface area contributed by atoms with Gasteiger partial charge in [-0.3, -0.25) is 19.0 Å². The van der Waals surface area contributed by atoms with Gasteiger partial charge in [0.2, 0.25) is 0 Å². The lowest BCUT2D eigenvalue weighted by Gasteiger charge is -2.37. The molecule has 0 N–H and O–H groups in total. The number of hydrogen-bond acceptors (Lipinski definition) is 11. The molecule has 1 aromatic heterocycles. The minimum atomic E-state index is -1.27. The molecule has 6 rings (SSSR count). The van der Waals surface area contributed by atoms with Gasteiger partial charge in [0, 0.05) is 30.2 Å². The van der Waals surface area contributed by atoms with Crippen molar-refractivity contribution in [2.45, 2.75) is 181 Å². The van der Waals surface area contributed by atoms with Crippen molar-refractivity contribution < 1.29 is 42.8 Å². The Morgan fingerprint density at radius 1 is 0.658 bits per heavy atom. The summed E-state index contributed by atoms with van der Waals surface area (Å²) in [5.41, 5.74) is 1.25. The number of carbonyl (C=O) groups is 3. The summed E-state index contributed by atoms with van der Waals surface area (Å²) in [5, 5.41) is 0. The van der Waals surface area contributed by atoms with E-state index in [9.17, 15) is 24.0 Å². The lowest BCUT2D eigenvalue weighted by molar-refractivity contribution is -0.156. The normalized spacial score (nSPS) is 15.4. The molecule has 0 unspecified atom stereocenters. The number of esters is 1. The summed E-state index contributed by atoms with van der Waals surface area (Å²) >= 11 is 0. The number of rotatable bonds is 32. The Kier molecular flexibility index (Phi) is 23.1. The molecule has 0 radical (unpaired) electrons. The van der Waals surface area contributed by atoms with Crippen LogP contribution in [0.5, 0.6) is 17.2 Å². The average molecular weight is 1040 g/mol. The molecule has 1 aliphatic heterocycles. The summed E-state index contributed by atoms with van der Waals surface area (Å²) in [7, 11) is 3.19. The number of ketones is 1. The monoisotopic (exact) mass is 1040 g/mol. The van der Waals surface area contributed by atoms with Crippen molar-refractivity contribution in [1.29, 1.82) is 0 Å². The quantitative estimate of drug-likeness (QED) is 0.0230. The number of hydrogen-bond donors (Lipinski definition) is 0. The maximum Gasteiger partial charge on any atom is 0.340 e. The van der Waals surface area contributed by atoms with Crippen LogP contribution in [0.2, 0.25) is 0 Å². The number of unbranched alkanes of at least 4 members (excludes halogenated alkanes) is 15. The number of nitrogens with zero attached hydrogens (tertiary/aromatic N) is 2. The number of methoxy groups -OCH3 is 2. The molecule has 1 saturated heterocycles. The molecule has 13 heteroatoms. The third-order valence-corrected chi connectivity index (χ3v) is 14.7. The molecule has 0 bridgehead atoms. The Morgan fingerprint density at radius 2 is 1.18 bits per heavy atom. The first-order valence-electron chi connectivity index (χ1n) is 27.8. The topological polar surface area (TPSA) is 151 Å². The fourth-order valence-electron chi connectivity index (χ4n) is 10.1. The Morgan fingerprint density at radius 3 is 1.71 bits per heavy atom. The van der Waals surface area contributed by atoms with Gasteiger partial charge in [-0.2, -0.15) is 4.57 Å². The van der Waals surface area contributed by atoms with Gasteiger partial charge in [0.25, 0.3) is 11.5 Å². The molecular formula is C63H82N2O11. The van der Waals surface area contributed by atoms with E-state index in [1.807, 2.05) is 92.7 Å². The van der Waals surface area contributed by atoms with Crippen LogP contribution in [0.25, 0.3) is 0 Å². The second kappa shape index (κ2) is 29.8. The fourth-order valence-corrected chi connectivity index (χ4v) is 10.1. The van der Waals surface area contributed by atoms with Crippen LogP contribution in [-0.4, -0.2) is 66.4 Å². The third kappa shape index (κ3) is 15.9. The van der Waals surface area contributed by atoms with E-state index in [-0.39, 0.29) is 42.8 Å². The highest BCUT2D eigenvalue weighted by Crippen LogP contribution is 2.43. The van der Waals surface area contributed by atoms with E-state index in [4.69, 9.17) is 28.4 Å². The second-order valence-corrected chi connectivity index (χ2v) is 20.4. The van der Waals surface area contributed by atoms with Crippen molar-refractivity contribution >= 4 is 17.7 Å². The van der Waals surface area contributed by atoms with Crippen LogP contribution < -0.4 is 25.5 Å². The fraction of sp³-hybridized carbons (Fsp3) is 0.508. The van der Waals surface area contributed by atoms with Crippen LogP contribution in [0.1, 0.15) is 186 Å². The van der Waals surface area contributed by atoms with Crippen LogP contribution in [-0.2, 0) is 29.4 Å². The molecule has 410 valence electrons. The van der Waals surface area contributed by atoms with E-state index in [1.54, 1.807) is 26.4 Å². The number of Topliss-reactive ketones (excluding diaryl/α,β-unsaturated/α-hetero) is 1. The average Bonchev–Trinajstić information content (AvgIpc) is 3.84. The van der Waals surface area contributed by atoms with Gasteiger partial charge in [-0.15, -0.1) is 0 Å². The van der Waals surface area contributed by atoms with Crippen molar-refractivity contribution in [3.8, 4) is 17.2 Å². The predicted molar refractivity (Wildman–Crippen MR) is 297 cm³/mol. The molecule has 0 aliphatic carbocycles. The van der Waals surface area contributed by atoms with Crippen LogP contribution in [0.3, 0.4) is 0 Å². The van der Waals surface area contributed by atoms with Crippen LogP contribution in [0.4, 0.5) is 0 Å². The molecule has 1 fully saturated rings. The molecule has 5 aromatic rings.